The summed E-state index contributed by atoms with van der Waals surface area (Å²) in [6.45, 7) is -3.25. The third-order valence-corrected chi connectivity index (χ3v) is 4.35. The van der Waals surface area contributed by atoms with Crippen LogP contribution in [-0.2, 0) is 6.18 Å². The van der Waals surface area contributed by atoms with Crippen molar-refractivity contribution in [3.05, 3.63) is 64.2 Å². The van der Waals surface area contributed by atoms with E-state index < -0.39 is 46.4 Å². The molecular formula is C19H12ClF6N3O4. The van der Waals surface area contributed by atoms with E-state index in [9.17, 15) is 36.3 Å². The number of nitrogens with one attached hydrogen (secondary N) is 1. The van der Waals surface area contributed by atoms with Crippen molar-refractivity contribution in [1.29, 1.82) is 0 Å². The molecule has 14 heteroatoms. The number of amides is 1. The van der Waals surface area contributed by atoms with Crippen molar-refractivity contribution < 1.29 is 45.8 Å². The van der Waals surface area contributed by atoms with E-state index in [4.69, 9.17) is 16.3 Å². The summed E-state index contributed by atoms with van der Waals surface area (Å²) in [5.74, 6) is -4.33. The van der Waals surface area contributed by atoms with Gasteiger partial charge in [0.1, 0.15) is 29.5 Å². The van der Waals surface area contributed by atoms with Crippen molar-refractivity contribution >= 4 is 23.7 Å². The van der Waals surface area contributed by atoms with Crippen LogP contribution in [-0.4, -0.2) is 35.7 Å². The fourth-order valence-corrected chi connectivity index (χ4v) is 2.89. The van der Waals surface area contributed by atoms with Crippen molar-refractivity contribution in [2.75, 3.05) is 6.67 Å². The number of benzene rings is 2. The summed E-state index contributed by atoms with van der Waals surface area (Å²) in [5, 5.41) is 10.8. The number of nitrogens with zero attached hydrogens (tertiary/aromatic N) is 2. The molecule has 7 nitrogen and oxygen atoms in total. The Kier molecular flexibility index (Phi) is 7.03. The molecule has 176 valence electrons. The third kappa shape index (κ3) is 5.87. The topological polar surface area (TPSA) is 83.4 Å². The van der Waals surface area contributed by atoms with Crippen LogP contribution >= 0.6 is 11.6 Å². The van der Waals surface area contributed by atoms with E-state index >= 15 is 0 Å². The lowest BCUT2D eigenvalue weighted by Gasteiger charge is -2.19. The van der Waals surface area contributed by atoms with E-state index in [0.717, 1.165) is 36.7 Å². The van der Waals surface area contributed by atoms with E-state index in [0.29, 0.717) is 11.1 Å². The lowest BCUT2D eigenvalue weighted by Crippen LogP contribution is -2.29. The second-order valence-electron chi connectivity index (χ2n) is 6.31. The van der Waals surface area contributed by atoms with E-state index in [2.05, 4.69) is 15.0 Å². The molecule has 0 spiro atoms. The number of alkyl halides is 5. The van der Waals surface area contributed by atoms with Crippen molar-refractivity contribution in [3.8, 4) is 17.2 Å². The average Bonchev–Trinajstić information content (AvgIpc) is 2.70. The van der Waals surface area contributed by atoms with Crippen LogP contribution in [0.2, 0.25) is 5.02 Å². The van der Waals surface area contributed by atoms with Crippen LogP contribution < -0.4 is 14.8 Å². The molecule has 1 amide bonds. The van der Waals surface area contributed by atoms with Gasteiger partial charge >= 0.3 is 12.8 Å². The number of carbonyl (C=O) groups excluding carboxylic acids is 1. The molecule has 2 aromatic rings. The number of halogens is 7. The molecule has 0 radical (unpaired) electrons. The second kappa shape index (κ2) is 9.58. The minimum Gasteiger partial charge on any atom is -0.456 e. The van der Waals surface area contributed by atoms with Gasteiger partial charge in [0.25, 0.3) is 5.91 Å². The van der Waals surface area contributed by atoms with Gasteiger partial charge in [0.05, 0.1) is 22.5 Å². The Morgan fingerprint density at radius 2 is 1.85 bits per heavy atom. The fourth-order valence-electron chi connectivity index (χ4n) is 2.63. The van der Waals surface area contributed by atoms with E-state index in [-0.39, 0.29) is 23.9 Å². The molecule has 2 N–H and O–H groups in total. The van der Waals surface area contributed by atoms with Gasteiger partial charge in [-0.25, -0.2) is 9.45 Å². The summed E-state index contributed by atoms with van der Waals surface area (Å²) in [6.07, 6.45) is -2.94. The van der Waals surface area contributed by atoms with E-state index in [1.165, 1.54) is 0 Å². The Labute approximate surface area is 186 Å². The quantitative estimate of drug-likeness (QED) is 0.539. The van der Waals surface area contributed by atoms with Gasteiger partial charge in [-0.15, -0.1) is 0 Å². The molecule has 33 heavy (non-hydrogen) atoms. The maximum absolute atomic E-state index is 14.9. The fraction of sp³-hybridized carbons (Fsp3) is 0.158. The SMILES string of the molecule is O=C(NC1=CN(O)CN=C1)c1c(Oc2ccc(OC(F)F)cc2)cc(C(F)(F)F)c(Cl)c1F. The van der Waals surface area contributed by atoms with Gasteiger partial charge < -0.3 is 14.8 Å². The molecule has 1 aliphatic heterocycles. The summed E-state index contributed by atoms with van der Waals surface area (Å²) in [5.41, 5.74) is -2.69. The van der Waals surface area contributed by atoms with Gasteiger partial charge in [0.15, 0.2) is 5.82 Å². The first-order valence-electron chi connectivity index (χ1n) is 8.76. The van der Waals surface area contributed by atoms with Gasteiger partial charge in [0.2, 0.25) is 0 Å². The largest absolute Gasteiger partial charge is 0.456 e. The maximum Gasteiger partial charge on any atom is 0.418 e. The van der Waals surface area contributed by atoms with Crippen LogP contribution in [0.1, 0.15) is 15.9 Å². The number of hydroxylamine groups is 2. The van der Waals surface area contributed by atoms with Crippen LogP contribution in [0.3, 0.4) is 0 Å². The van der Waals surface area contributed by atoms with Crippen molar-refractivity contribution in [2.24, 2.45) is 4.99 Å². The normalized spacial score (nSPS) is 13.7. The smallest absolute Gasteiger partial charge is 0.418 e. The van der Waals surface area contributed by atoms with Gasteiger partial charge in [0, 0.05) is 6.21 Å². The molecule has 0 fully saturated rings. The van der Waals surface area contributed by atoms with Gasteiger partial charge in [-0.05, 0) is 30.3 Å². The number of allylic oxidation sites excluding steroid dienone is 1. The average molecular weight is 496 g/mol. The first-order valence-corrected chi connectivity index (χ1v) is 9.14. The van der Waals surface area contributed by atoms with Crippen LogP contribution in [0, 0.1) is 5.82 Å². The van der Waals surface area contributed by atoms with Gasteiger partial charge in [-0.1, -0.05) is 11.6 Å². The minimum atomic E-state index is -5.09. The van der Waals surface area contributed by atoms with Crippen LogP contribution in [0.4, 0.5) is 26.3 Å². The van der Waals surface area contributed by atoms with E-state index in [1.54, 1.807) is 0 Å². The molecule has 0 atom stereocenters. The molecular weight excluding hydrogens is 484 g/mol. The van der Waals surface area contributed by atoms with Gasteiger partial charge in [-0.3, -0.25) is 15.0 Å². The highest BCUT2D eigenvalue weighted by Crippen LogP contribution is 2.42. The summed E-state index contributed by atoms with van der Waals surface area (Å²) < 4.78 is 88.8. The van der Waals surface area contributed by atoms with Gasteiger partial charge in [-0.2, -0.15) is 22.0 Å². The predicted molar refractivity (Wildman–Crippen MR) is 102 cm³/mol. The van der Waals surface area contributed by atoms with Crippen LogP contribution in [0.15, 0.2) is 47.2 Å². The Bertz CT molecular complexity index is 1110. The van der Waals surface area contributed by atoms with Crippen molar-refractivity contribution in [2.45, 2.75) is 12.8 Å². The third-order valence-electron chi connectivity index (χ3n) is 3.98. The number of aliphatic imine (C=N–C) groups is 1. The molecule has 0 aliphatic carbocycles. The minimum absolute atomic E-state index is 0.108. The Hall–Kier alpha value is -3.45. The zero-order chi connectivity index (χ0) is 24.3. The Balaban J connectivity index is 2.01. The zero-order valence-electron chi connectivity index (χ0n) is 16.0. The molecule has 1 aliphatic rings. The van der Waals surface area contributed by atoms with E-state index in [1.807, 2.05) is 0 Å². The first kappa shape index (κ1) is 24.2. The first-order chi connectivity index (χ1) is 15.5. The van der Waals surface area contributed by atoms with Crippen LogP contribution in [0.5, 0.6) is 17.2 Å². The number of hydrogen-bond acceptors (Lipinski definition) is 6. The molecule has 0 unspecified atom stereocenters. The van der Waals surface area contributed by atoms with Crippen molar-refractivity contribution in [1.82, 2.24) is 10.4 Å². The highest BCUT2D eigenvalue weighted by molar-refractivity contribution is 6.32. The molecule has 0 saturated heterocycles. The summed E-state index contributed by atoms with van der Waals surface area (Å²) >= 11 is 5.53. The maximum atomic E-state index is 14.9. The molecule has 0 saturated carbocycles. The highest BCUT2D eigenvalue weighted by Gasteiger charge is 2.38. The number of hydrogen-bond donors (Lipinski definition) is 2. The molecule has 1 heterocycles. The molecule has 0 aromatic heterocycles. The monoisotopic (exact) mass is 495 g/mol. The molecule has 0 bridgehead atoms. The van der Waals surface area contributed by atoms with Crippen LogP contribution in [0.25, 0.3) is 0 Å². The molecule has 2 aromatic carbocycles. The number of rotatable bonds is 6. The zero-order valence-corrected chi connectivity index (χ0v) is 16.8. The summed E-state index contributed by atoms with van der Waals surface area (Å²) in [4.78, 5) is 16.4. The predicted octanol–water partition coefficient (Wildman–Crippen LogP) is 5.20. The summed E-state index contributed by atoms with van der Waals surface area (Å²) in [7, 11) is 0. The van der Waals surface area contributed by atoms with Crippen molar-refractivity contribution in [3.63, 3.8) is 0 Å². The standard InChI is InChI=1S/C19H12ClF6N3O4/c20-15-12(19(24,25)26)5-13(32-10-1-3-11(4-2-10)33-18(22)23)14(16(15)21)17(30)28-9-6-27-8-29(31)7-9/h1-7,18,31H,8H2,(H,28,30). The Morgan fingerprint density at radius 3 is 2.42 bits per heavy atom. The summed E-state index contributed by atoms with van der Waals surface area (Å²) in [6, 6.07) is 4.48. The number of ether oxygens (including phenoxy) is 2. The second-order valence-corrected chi connectivity index (χ2v) is 6.68. The highest BCUT2D eigenvalue weighted by atomic mass is 35.5. The number of carbonyl (C=O) groups is 1. The lowest BCUT2D eigenvalue weighted by atomic mass is 10.1. The lowest BCUT2D eigenvalue weighted by molar-refractivity contribution is -0.137. The Morgan fingerprint density at radius 1 is 1.21 bits per heavy atom. The molecule has 3 rings (SSSR count).